The molecule has 0 aromatic carbocycles. The second-order valence-corrected chi connectivity index (χ2v) is 4.74. The van der Waals surface area contributed by atoms with Crippen LogP contribution in [0.15, 0.2) is 18.5 Å². The van der Waals surface area contributed by atoms with Crippen LogP contribution in [-0.4, -0.2) is 19.6 Å². The molecule has 0 aliphatic carbocycles. The van der Waals surface area contributed by atoms with E-state index >= 15 is 0 Å². The lowest BCUT2D eigenvalue weighted by molar-refractivity contribution is 0.581. The Labute approximate surface area is 114 Å². The lowest BCUT2D eigenvalue weighted by Crippen LogP contribution is -2.14. The van der Waals surface area contributed by atoms with E-state index in [1.165, 1.54) is 11.3 Å². The highest BCUT2D eigenvalue weighted by molar-refractivity contribution is 5.15. The summed E-state index contributed by atoms with van der Waals surface area (Å²) in [4.78, 5) is 0. The summed E-state index contributed by atoms with van der Waals surface area (Å²) < 4.78 is 4.02. The van der Waals surface area contributed by atoms with Crippen molar-refractivity contribution < 1.29 is 0 Å². The van der Waals surface area contributed by atoms with Crippen LogP contribution >= 0.6 is 0 Å². The molecule has 0 radical (unpaired) electrons. The molecule has 104 valence electrons. The van der Waals surface area contributed by atoms with Crippen molar-refractivity contribution >= 4 is 0 Å². The van der Waals surface area contributed by atoms with Crippen LogP contribution in [0.25, 0.3) is 0 Å². The summed E-state index contributed by atoms with van der Waals surface area (Å²) in [5.41, 5.74) is 3.59. The van der Waals surface area contributed by atoms with Gasteiger partial charge in [-0.15, -0.1) is 0 Å². The van der Waals surface area contributed by atoms with Gasteiger partial charge in [-0.05, 0) is 26.3 Å². The van der Waals surface area contributed by atoms with Crippen molar-refractivity contribution in [2.75, 3.05) is 0 Å². The summed E-state index contributed by atoms with van der Waals surface area (Å²) >= 11 is 0. The molecular formula is C14H23N5. The fourth-order valence-corrected chi connectivity index (χ4v) is 2.15. The topological polar surface area (TPSA) is 47.7 Å². The van der Waals surface area contributed by atoms with E-state index in [4.69, 9.17) is 0 Å². The molecule has 0 saturated heterocycles. The second kappa shape index (κ2) is 6.52. The first-order chi connectivity index (χ1) is 9.24. The monoisotopic (exact) mass is 261 g/mol. The smallest absolute Gasteiger partial charge is 0.0762 e. The predicted octanol–water partition coefficient (Wildman–Crippen LogP) is 2.11. The Bertz CT molecular complexity index is 512. The second-order valence-electron chi connectivity index (χ2n) is 4.74. The average Bonchev–Trinajstić information content (AvgIpc) is 2.98. The maximum atomic E-state index is 4.51. The number of hydrogen-bond acceptors (Lipinski definition) is 3. The maximum absolute atomic E-state index is 4.51. The number of aryl methyl sites for hydroxylation is 2. The van der Waals surface area contributed by atoms with E-state index in [-0.39, 0.29) is 0 Å². The van der Waals surface area contributed by atoms with Crippen LogP contribution in [0, 0.1) is 6.92 Å². The number of aromatic nitrogens is 4. The zero-order valence-corrected chi connectivity index (χ0v) is 12.1. The lowest BCUT2D eigenvalue weighted by Gasteiger charge is -2.04. The Morgan fingerprint density at radius 2 is 2.11 bits per heavy atom. The molecule has 2 aromatic heterocycles. The van der Waals surface area contributed by atoms with Gasteiger partial charge >= 0.3 is 0 Å². The van der Waals surface area contributed by atoms with E-state index in [2.05, 4.69) is 42.4 Å². The molecule has 5 heteroatoms. The van der Waals surface area contributed by atoms with Gasteiger partial charge in [0.25, 0.3) is 0 Å². The molecule has 2 heterocycles. The summed E-state index contributed by atoms with van der Waals surface area (Å²) in [6.07, 6.45) is 5.10. The van der Waals surface area contributed by atoms with Gasteiger partial charge in [0.1, 0.15) is 0 Å². The van der Waals surface area contributed by atoms with Crippen LogP contribution in [-0.2, 0) is 26.2 Å². The minimum atomic E-state index is 0.799. The Morgan fingerprint density at radius 3 is 2.79 bits per heavy atom. The van der Waals surface area contributed by atoms with E-state index in [1.807, 2.05) is 21.8 Å². The Balaban J connectivity index is 1.83. The third kappa shape index (κ3) is 3.44. The van der Waals surface area contributed by atoms with Crippen molar-refractivity contribution in [2.24, 2.45) is 0 Å². The number of rotatable bonds is 7. The molecule has 0 fully saturated rings. The highest BCUT2D eigenvalue weighted by Gasteiger charge is 2.05. The molecule has 0 amide bonds. The summed E-state index contributed by atoms with van der Waals surface area (Å²) in [5.74, 6) is 0. The van der Waals surface area contributed by atoms with Crippen LogP contribution in [0.3, 0.4) is 0 Å². The van der Waals surface area contributed by atoms with E-state index in [1.54, 1.807) is 0 Å². The molecule has 0 bridgehead atoms. The van der Waals surface area contributed by atoms with Gasteiger partial charge in [-0.25, -0.2) is 0 Å². The highest BCUT2D eigenvalue weighted by Crippen LogP contribution is 2.07. The van der Waals surface area contributed by atoms with Crippen molar-refractivity contribution in [3.05, 3.63) is 35.4 Å². The first-order valence-electron chi connectivity index (χ1n) is 6.99. The van der Waals surface area contributed by atoms with Crippen LogP contribution in [0.5, 0.6) is 0 Å². The fourth-order valence-electron chi connectivity index (χ4n) is 2.15. The van der Waals surface area contributed by atoms with Crippen molar-refractivity contribution in [1.82, 2.24) is 24.9 Å². The Hall–Kier alpha value is -1.62. The summed E-state index contributed by atoms with van der Waals surface area (Å²) in [6, 6.07) is 2.07. The Morgan fingerprint density at radius 1 is 1.26 bits per heavy atom. The molecule has 2 aromatic rings. The molecule has 5 nitrogen and oxygen atoms in total. The van der Waals surface area contributed by atoms with Crippen LogP contribution in [0.4, 0.5) is 0 Å². The SMILES string of the molecule is CCCn1ccc(CNCc2cnn(CC)c2C)n1. The largest absolute Gasteiger partial charge is 0.307 e. The van der Waals surface area contributed by atoms with Crippen LogP contribution in [0.1, 0.15) is 37.2 Å². The predicted molar refractivity (Wildman–Crippen MR) is 75.7 cm³/mol. The van der Waals surface area contributed by atoms with Crippen molar-refractivity contribution in [3.8, 4) is 0 Å². The number of nitrogens with zero attached hydrogens (tertiary/aromatic N) is 4. The highest BCUT2D eigenvalue weighted by atomic mass is 15.3. The molecule has 0 saturated carbocycles. The normalized spacial score (nSPS) is 11.1. The Kier molecular flexibility index (Phi) is 4.74. The van der Waals surface area contributed by atoms with Gasteiger partial charge in [0.15, 0.2) is 0 Å². The van der Waals surface area contributed by atoms with Crippen molar-refractivity contribution in [1.29, 1.82) is 0 Å². The molecule has 2 rings (SSSR count). The molecule has 1 N–H and O–H groups in total. The van der Waals surface area contributed by atoms with Gasteiger partial charge in [-0.2, -0.15) is 10.2 Å². The van der Waals surface area contributed by atoms with Gasteiger partial charge in [0.2, 0.25) is 0 Å². The first-order valence-corrected chi connectivity index (χ1v) is 6.99. The van der Waals surface area contributed by atoms with Crippen LogP contribution in [0.2, 0.25) is 0 Å². The van der Waals surface area contributed by atoms with Crippen molar-refractivity contribution in [3.63, 3.8) is 0 Å². The van der Waals surface area contributed by atoms with Gasteiger partial charge in [0.05, 0.1) is 11.9 Å². The minimum Gasteiger partial charge on any atom is -0.307 e. The molecule has 0 aliphatic heterocycles. The molecule has 19 heavy (non-hydrogen) atoms. The maximum Gasteiger partial charge on any atom is 0.0762 e. The number of nitrogens with one attached hydrogen (secondary N) is 1. The molecule has 0 aliphatic rings. The fraction of sp³-hybridized carbons (Fsp3) is 0.571. The van der Waals surface area contributed by atoms with Gasteiger partial charge in [-0.1, -0.05) is 6.92 Å². The molecule has 0 unspecified atom stereocenters. The standard InChI is InChI=1S/C14H23N5/c1-4-7-18-8-6-14(17-18)11-15-9-13-10-16-19(5-2)12(13)3/h6,8,10,15H,4-5,7,9,11H2,1-3H3. The molecule has 0 atom stereocenters. The zero-order chi connectivity index (χ0) is 13.7. The van der Waals surface area contributed by atoms with Crippen LogP contribution < -0.4 is 5.32 Å². The van der Waals surface area contributed by atoms with E-state index in [0.717, 1.165) is 38.3 Å². The first kappa shape index (κ1) is 13.8. The molecular weight excluding hydrogens is 238 g/mol. The average molecular weight is 261 g/mol. The quantitative estimate of drug-likeness (QED) is 0.830. The summed E-state index contributed by atoms with van der Waals surface area (Å²) in [6.45, 7) is 9.93. The van der Waals surface area contributed by atoms with Crippen molar-refractivity contribution in [2.45, 2.75) is 53.4 Å². The lowest BCUT2D eigenvalue weighted by atomic mass is 10.2. The summed E-state index contributed by atoms with van der Waals surface area (Å²) in [5, 5.41) is 12.3. The third-order valence-corrected chi connectivity index (χ3v) is 3.27. The van der Waals surface area contributed by atoms with E-state index in [9.17, 15) is 0 Å². The summed E-state index contributed by atoms with van der Waals surface area (Å²) in [7, 11) is 0. The van der Waals surface area contributed by atoms with Gasteiger partial charge < -0.3 is 5.32 Å². The third-order valence-electron chi connectivity index (χ3n) is 3.27. The zero-order valence-electron chi connectivity index (χ0n) is 12.1. The number of hydrogen-bond donors (Lipinski definition) is 1. The molecule has 0 spiro atoms. The van der Waals surface area contributed by atoms with Gasteiger partial charge in [-0.3, -0.25) is 9.36 Å². The van der Waals surface area contributed by atoms with E-state index in [0.29, 0.717) is 0 Å². The van der Waals surface area contributed by atoms with Gasteiger partial charge in [0, 0.05) is 43.6 Å². The minimum absolute atomic E-state index is 0.799. The van der Waals surface area contributed by atoms with E-state index < -0.39 is 0 Å².